The number of aromatic carboxylic acids is 2. The van der Waals surface area contributed by atoms with Crippen molar-refractivity contribution in [2.45, 2.75) is 39.5 Å². The van der Waals surface area contributed by atoms with Crippen molar-refractivity contribution in [3.05, 3.63) is 58.7 Å². The Hall–Kier alpha value is -2.40. The van der Waals surface area contributed by atoms with E-state index in [2.05, 4.69) is 0 Å². The number of hydrogen-bond acceptors (Lipinski definition) is 6. The van der Waals surface area contributed by atoms with Crippen molar-refractivity contribution in [2.75, 3.05) is 0 Å². The molecular formula is C20H22O6Zn. The van der Waals surface area contributed by atoms with Gasteiger partial charge in [0, 0.05) is 11.1 Å². The monoisotopic (exact) mass is 422 g/mol. The summed E-state index contributed by atoms with van der Waals surface area (Å²) in [5.74, 6) is -2.87. The average molecular weight is 424 g/mol. The molecular weight excluding hydrogens is 402 g/mol. The Bertz CT molecular complexity index is 732. The summed E-state index contributed by atoms with van der Waals surface area (Å²) in [4.78, 5) is 21.1. The van der Waals surface area contributed by atoms with Gasteiger partial charge in [0.15, 0.2) is 0 Å². The number of rotatable bonds is 4. The molecule has 0 aliphatic carbocycles. The summed E-state index contributed by atoms with van der Waals surface area (Å²) in [7, 11) is 0. The summed E-state index contributed by atoms with van der Waals surface area (Å²) < 4.78 is 0. The van der Waals surface area contributed by atoms with Crippen molar-refractivity contribution >= 4 is 11.9 Å². The number of benzene rings is 2. The number of carbonyl (C=O) groups excluding carboxylic acids is 2. The molecule has 0 radical (unpaired) electrons. The molecule has 0 aromatic heterocycles. The van der Waals surface area contributed by atoms with Crippen LogP contribution in [0.1, 0.15) is 71.4 Å². The quantitative estimate of drug-likeness (QED) is 0.723. The van der Waals surface area contributed by atoms with Gasteiger partial charge in [-0.05, 0) is 35.1 Å². The summed E-state index contributed by atoms with van der Waals surface area (Å²) in [5.41, 5.74) is 0.959. The van der Waals surface area contributed by atoms with Crippen LogP contribution in [0.15, 0.2) is 36.4 Å². The summed E-state index contributed by atoms with van der Waals surface area (Å²) in [6, 6.07) is 9.26. The molecule has 7 heteroatoms. The van der Waals surface area contributed by atoms with Crippen LogP contribution in [0.5, 0.6) is 11.5 Å². The fraction of sp³-hybridized carbons (Fsp3) is 0.300. The summed E-state index contributed by atoms with van der Waals surface area (Å²) in [5, 5.41) is 40.1. The van der Waals surface area contributed by atoms with E-state index in [0.29, 0.717) is 11.1 Å². The van der Waals surface area contributed by atoms with E-state index in [1.807, 2.05) is 27.7 Å². The van der Waals surface area contributed by atoms with Gasteiger partial charge < -0.3 is 30.0 Å². The molecule has 0 fully saturated rings. The van der Waals surface area contributed by atoms with Crippen LogP contribution >= 0.6 is 0 Å². The molecule has 0 unspecified atom stereocenters. The van der Waals surface area contributed by atoms with Gasteiger partial charge in [-0.15, -0.1) is 0 Å². The van der Waals surface area contributed by atoms with E-state index in [0.717, 1.165) is 0 Å². The van der Waals surface area contributed by atoms with E-state index in [9.17, 15) is 30.0 Å². The first-order valence-electron chi connectivity index (χ1n) is 8.14. The zero-order valence-electron chi connectivity index (χ0n) is 15.9. The number of aromatic hydroxyl groups is 2. The van der Waals surface area contributed by atoms with Gasteiger partial charge in [-0.1, -0.05) is 52.0 Å². The number of para-hydroxylation sites is 2. The predicted octanol–water partition coefficient (Wildman–Crippen LogP) is 1.76. The van der Waals surface area contributed by atoms with Crippen LogP contribution in [-0.2, 0) is 19.5 Å². The molecule has 27 heavy (non-hydrogen) atoms. The molecule has 140 valence electrons. The van der Waals surface area contributed by atoms with Crippen molar-refractivity contribution in [2.24, 2.45) is 0 Å². The number of phenols is 2. The normalized spacial score (nSPS) is 10.0. The molecule has 0 heterocycles. The topological polar surface area (TPSA) is 121 Å². The minimum atomic E-state index is -1.35. The SMILES string of the molecule is CC(C)c1cccc(C(=O)[O-])c1O.CC(C)c1cccc(C(=O)[O-])c1O.[Zn+2]. The Morgan fingerprint density at radius 3 is 1.26 bits per heavy atom. The zero-order valence-corrected chi connectivity index (χ0v) is 18.8. The standard InChI is InChI=1S/2C10H12O3.Zn/c2*1-6(2)7-4-3-5-8(9(7)11)10(12)13;/h2*3-6,11H,1-2H3,(H,12,13);/q;;+2/p-2. The fourth-order valence-electron chi connectivity index (χ4n) is 2.38. The Morgan fingerprint density at radius 1 is 0.741 bits per heavy atom. The number of carbonyl (C=O) groups is 2. The Balaban J connectivity index is 0.000000483. The van der Waals surface area contributed by atoms with Crippen LogP contribution in [0, 0.1) is 0 Å². The third kappa shape index (κ3) is 6.36. The van der Waals surface area contributed by atoms with Crippen LogP contribution in [0.2, 0.25) is 0 Å². The molecule has 0 amide bonds. The van der Waals surface area contributed by atoms with Gasteiger partial charge in [-0.3, -0.25) is 0 Å². The molecule has 2 rings (SSSR count). The van der Waals surface area contributed by atoms with E-state index in [4.69, 9.17) is 0 Å². The second-order valence-electron chi connectivity index (χ2n) is 6.37. The maximum Gasteiger partial charge on any atom is 2.00 e. The summed E-state index contributed by atoms with van der Waals surface area (Å²) >= 11 is 0. The largest absolute Gasteiger partial charge is 2.00 e. The Kier molecular flexibility index (Phi) is 9.73. The summed E-state index contributed by atoms with van der Waals surface area (Å²) in [6.07, 6.45) is 0. The second-order valence-corrected chi connectivity index (χ2v) is 6.37. The van der Waals surface area contributed by atoms with Crippen LogP contribution in [0.3, 0.4) is 0 Å². The number of carboxylic acid groups (broad SMARTS) is 2. The van der Waals surface area contributed by atoms with Crippen molar-refractivity contribution < 1.29 is 49.5 Å². The molecule has 0 spiro atoms. The van der Waals surface area contributed by atoms with Crippen molar-refractivity contribution in [1.82, 2.24) is 0 Å². The van der Waals surface area contributed by atoms with Crippen molar-refractivity contribution in [1.29, 1.82) is 0 Å². The van der Waals surface area contributed by atoms with Gasteiger partial charge in [-0.2, -0.15) is 0 Å². The first-order valence-corrected chi connectivity index (χ1v) is 8.14. The predicted molar refractivity (Wildman–Crippen MR) is 93.1 cm³/mol. The molecule has 2 aromatic rings. The minimum Gasteiger partial charge on any atom is -0.545 e. The molecule has 2 N–H and O–H groups in total. The Morgan fingerprint density at radius 2 is 1.04 bits per heavy atom. The molecule has 0 bridgehead atoms. The van der Waals surface area contributed by atoms with Crippen LogP contribution in [0.4, 0.5) is 0 Å². The van der Waals surface area contributed by atoms with E-state index in [-0.39, 0.29) is 53.9 Å². The van der Waals surface area contributed by atoms with Gasteiger partial charge in [0.2, 0.25) is 0 Å². The maximum atomic E-state index is 10.5. The molecule has 0 saturated heterocycles. The molecule has 6 nitrogen and oxygen atoms in total. The van der Waals surface area contributed by atoms with E-state index in [1.165, 1.54) is 12.1 Å². The van der Waals surface area contributed by atoms with Crippen LogP contribution < -0.4 is 10.2 Å². The van der Waals surface area contributed by atoms with Crippen molar-refractivity contribution in [3.8, 4) is 11.5 Å². The van der Waals surface area contributed by atoms with E-state index < -0.39 is 11.9 Å². The Labute approximate surface area is 171 Å². The third-order valence-corrected chi connectivity index (χ3v) is 3.82. The summed E-state index contributed by atoms with van der Waals surface area (Å²) in [6.45, 7) is 7.53. The van der Waals surface area contributed by atoms with Gasteiger partial charge >= 0.3 is 19.5 Å². The third-order valence-electron chi connectivity index (χ3n) is 3.82. The van der Waals surface area contributed by atoms with Crippen LogP contribution in [-0.4, -0.2) is 22.2 Å². The molecule has 0 atom stereocenters. The number of carboxylic acids is 2. The molecule has 2 aromatic carbocycles. The first-order chi connectivity index (χ1) is 12.1. The van der Waals surface area contributed by atoms with E-state index in [1.54, 1.807) is 24.3 Å². The van der Waals surface area contributed by atoms with Crippen molar-refractivity contribution in [3.63, 3.8) is 0 Å². The van der Waals surface area contributed by atoms with Gasteiger partial charge in [0.05, 0.1) is 11.9 Å². The first kappa shape index (κ1) is 24.6. The fourth-order valence-corrected chi connectivity index (χ4v) is 2.38. The minimum absolute atomic E-state index is 0. The molecule has 0 aliphatic rings. The molecule has 0 aliphatic heterocycles. The van der Waals surface area contributed by atoms with Crippen LogP contribution in [0.25, 0.3) is 0 Å². The van der Waals surface area contributed by atoms with E-state index >= 15 is 0 Å². The van der Waals surface area contributed by atoms with Gasteiger partial charge in [0.25, 0.3) is 0 Å². The zero-order chi connectivity index (χ0) is 20.0. The van der Waals surface area contributed by atoms with Gasteiger partial charge in [-0.25, -0.2) is 0 Å². The molecule has 0 saturated carbocycles. The van der Waals surface area contributed by atoms with Gasteiger partial charge in [0.1, 0.15) is 11.5 Å². The maximum absolute atomic E-state index is 10.5. The number of hydrogen-bond donors (Lipinski definition) is 2. The second kappa shape index (κ2) is 10.7. The smallest absolute Gasteiger partial charge is 0.545 e. The average Bonchev–Trinajstić information content (AvgIpc) is 2.54.